The number of aryl methyl sites for hydroxylation is 1. The van der Waals surface area contributed by atoms with Crippen LogP contribution in [0.1, 0.15) is 61.9 Å². The maximum absolute atomic E-state index is 11.6. The van der Waals surface area contributed by atoms with Crippen molar-refractivity contribution in [3.05, 3.63) is 23.3 Å². The molecule has 0 spiro atoms. The number of Topliss-reactive ketones (excluding diaryl/α,β-unsaturated/α-hetero) is 1. The monoisotopic (exact) mass is 264 g/mol. The van der Waals surface area contributed by atoms with Crippen molar-refractivity contribution >= 4 is 5.78 Å². The maximum atomic E-state index is 11.6. The molecule has 19 heavy (non-hydrogen) atoms. The van der Waals surface area contributed by atoms with E-state index in [1.807, 2.05) is 6.07 Å². The molecule has 1 aromatic rings. The summed E-state index contributed by atoms with van der Waals surface area (Å²) < 4.78 is 5.14. The predicted molar refractivity (Wildman–Crippen MR) is 77.1 cm³/mol. The zero-order valence-electron chi connectivity index (χ0n) is 12.2. The lowest BCUT2D eigenvalue weighted by Crippen LogP contribution is -2.02. The van der Waals surface area contributed by atoms with Gasteiger partial charge < -0.3 is 9.84 Å². The van der Waals surface area contributed by atoms with Crippen LogP contribution in [0, 0.1) is 0 Å². The minimum absolute atomic E-state index is 0.0235. The number of ketones is 1. The number of benzene rings is 1. The molecule has 0 fully saturated rings. The lowest BCUT2D eigenvalue weighted by atomic mass is 9.97. The van der Waals surface area contributed by atoms with Gasteiger partial charge in [0.25, 0.3) is 0 Å². The highest BCUT2D eigenvalue weighted by Crippen LogP contribution is 2.29. The topological polar surface area (TPSA) is 46.5 Å². The average Bonchev–Trinajstić information content (AvgIpc) is 2.37. The van der Waals surface area contributed by atoms with E-state index in [0.717, 1.165) is 24.8 Å². The van der Waals surface area contributed by atoms with Gasteiger partial charge in [0.05, 0.1) is 12.7 Å². The van der Waals surface area contributed by atoms with Gasteiger partial charge in [-0.2, -0.15) is 0 Å². The highest BCUT2D eigenvalue weighted by Gasteiger charge is 2.14. The summed E-state index contributed by atoms with van der Waals surface area (Å²) in [6.45, 7) is 3.68. The summed E-state index contributed by atoms with van der Waals surface area (Å²) in [4.78, 5) is 11.6. The molecular weight excluding hydrogens is 240 g/mol. The molecule has 0 unspecified atom stereocenters. The van der Waals surface area contributed by atoms with Crippen molar-refractivity contribution in [1.82, 2.24) is 0 Å². The van der Waals surface area contributed by atoms with Gasteiger partial charge in [-0.05, 0) is 31.4 Å². The molecule has 1 rings (SSSR count). The van der Waals surface area contributed by atoms with E-state index in [1.165, 1.54) is 32.3 Å². The van der Waals surface area contributed by atoms with E-state index in [9.17, 15) is 9.90 Å². The van der Waals surface area contributed by atoms with E-state index < -0.39 is 0 Å². The van der Waals surface area contributed by atoms with Crippen LogP contribution in [0.5, 0.6) is 11.5 Å². The second-order valence-corrected chi connectivity index (χ2v) is 4.90. The van der Waals surface area contributed by atoms with Crippen molar-refractivity contribution in [1.29, 1.82) is 0 Å². The van der Waals surface area contributed by atoms with Crippen LogP contribution < -0.4 is 4.74 Å². The number of carbonyl (C=O) groups is 1. The Morgan fingerprint density at radius 3 is 2.47 bits per heavy atom. The molecular formula is C16H24O3. The molecule has 0 radical (unpaired) electrons. The lowest BCUT2D eigenvalue weighted by Gasteiger charge is -2.11. The molecule has 0 saturated heterocycles. The third kappa shape index (κ3) is 4.58. The number of phenols is 1. The number of methoxy groups -OCH3 is 1. The van der Waals surface area contributed by atoms with Crippen LogP contribution in [-0.4, -0.2) is 18.0 Å². The van der Waals surface area contributed by atoms with E-state index >= 15 is 0 Å². The summed E-state index contributed by atoms with van der Waals surface area (Å²) in [5, 5.41) is 9.91. The van der Waals surface area contributed by atoms with Gasteiger partial charge in [0.15, 0.2) is 5.78 Å². The minimum Gasteiger partial charge on any atom is -0.507 e. The average molecular weight is 264 g/mol. The molecule has 0 saturated carbocycles. The number of unbranched alkanes of at least 4 members (excludes halogenated alkanes) is 4. The Bertz CT molecular complexity index is 424. The third-order valence-corrected chi connectivity index (χ3v) is 3.31. The zero-order valence-corrected chi connectivity index (χ0v) is 12.2. The molecule has 1 aromatic carbocycles. The summed E-state index contributed by atoms with van der Waals surface area (Å²) in [5.74, 6) is 0.533. The Labute approximate surface area is 115 Å². The predicted octanol–water partition coefficient (Wildman–Crippen LogP) is 4.12. The van der Waals surface area contributed by atoms with E-state index in [4.69, 9.17) is 4.74 Å². The number of carbonyl (C=O) groups excluding carboxylic acids is 1. The molecule has 0 aliphatic rings. The van der Waals surface area contributed by atoms with Crippen LogP contribution in [0.4, 0.5) is 0 Å². The molecule has 0 heterocycles. The molecule has 106 valence electrons. The summed E-state index contributed by atoms with van der Waals surface area (Å²) in [6, 6.07) is 3.35. The number of ether oxygens (including phenoxy) is 1. The fraction of sp³-hybridized carbons (Fsp3) is 0.562. The first-order chi connectivity index (χ1) is 9.10. The molecule has 1 N–H and O–H groups in total. The first kappa shape index (κ1) is 15.5. The van der Waals surface area contributed by atoms with Crippen molar-refractivity contribution in [2.45, 2.75) is 52.4 Å². The van der Waals surface area contributed by atoms with Gasteiger partial charge in [0.1, 0.15) is 11.5 Å². The SMILES string of the molecule is CCCCCCCc1cc(OC)cc(O)c1C(C)=O. The Morgan fingerprint density at radius 1 is 1.21 bits per heavy atom. The van der Waals surface area contributed by atoms with E-state index in [1.54, 1.807) is 7.11 Å². The van der Waals surface area contributed by atoms with Crippen LogP contribution in [-0.2, 0) is 6.42 Å². The van der Waals surface area contributed by atoms with Crippen LogP contribution in [0.25, 0.3) is 0 Å². The number of hydrogen-bond donors (Lipinski definition) is 1. The first-order valence-electron chi connectivity index (χ1n) is 7.01. The van der Waals surface area contributed by atoms with Crippen molar-refractivity contribution in [3.63, 3.8) is 0 Å². The molecule has 0 bridgehead atoms. The smallest absolute Gasteiger partial charge is 0.163 e. The Hall–Kier alpha value is -1.51. The van der Waals surface area contributed by atoms with Crippen LogP contribution in [0.15, 0.2) is 12.1 Å². The first-order valence-corrected chi connectivity index (χ1v) is 7.01. The normalized spacial score (nSPS) is 10.5. The summed E-state index contributed by atoms with van der Waals surface area (Å²) in [6.07, 6.45) is 6.70. The number of aromatic hydroxyl groups is 1. The van der Waals surface area contributed by atoms with E-state index in [0.29, 0.717) is 11.3 Å². The molecule has 0 aromatic heterocycles. The van der Waals surface area contributed by atoms with Crippen LogP contribution in [0.3, 0.4) is 0 Å². The maximum Gasteiger partial charge on any atom is 0.163 e. The Kier molecular flexibility index (Phi) is 6.40. The minimum atomic E-state index is -0.0938. The summed E-state index contributed by atoms with van der Waals surface area (Å²) in [7, 11) is 1.56. The molecule has 0 amide bonds. The fourth-order valence-electron chi connectivity index (χ4n) is 2.30. The van der Waals surface area contributed by atoms with Crippen molar-refractivity contribution in [2.75, 3.05) is 7.11 Å². The van der Waals surface area contributed by atoms with Crippen LogP contribution in [0.2, 0.25) is 0 Å². The van der Waals surface area contributed by atoms with Gasteiger partial charge >= 0.3 is 0 Å². The van der Waals surface area contributed by atoms with E-state index in [-0.39, 0.29) is 11.5 Å². The molecule has 3 heteroatoms. The summed E-state index contributed by atoms with van der Waals surface area (Å²) in [5.41, 5.74) is 1.33. The number of phenolic OH excluding ortho intramolecular Hbond substituents is 1. The highest BCUT2D eigenvalue weighted by atomic mass is 16.5. The lowest BCUT2D eigenvalue weighted by molar-refractivity contribution is 0.101. The van der Waals surface area contributed by atoms with Gasteiger partial charge in [-0.15, -0.1) is 0 Å². The van der Waals surface area contributed by atoms with Gasteiger partial charge in [-0.3, -0.25) is 4.79 Å². The summed E-state index contributed by atoms with van der Waals surface area (Å²) >= 11 is 0. The van der Waals surface area contributed by atoms with Crippen molar-refractivity contribution in [2.24, 2.45) is 0 Å². The largest absolute Gasteiger partial charge is 0.507 e. The Balaban J connectivity index is 2.78. The second kappa shape index (κ2) is 7.82. The van der Waals surface area contributed by atoms with Gasteiger partial charge in [0, 0.05) is 6.07 Å². The highest BCUT2D eigenvalue weighted by molar-refractivity contribution is 5.98. The quantitative estimate of drug-likeness (QED) is 0.567. The second-order valence-electron chi connectivity index (χ2n) is 4.90. The zero-order chi connectivity index (χ0) is 14.3. The van der Waals surface area contributed by atoms with Crippen LogP contribution >= 0.6 is 0 Å². The van der Waals surface area contributed by atoms with Crippen molar-refractivity contribution < 1.29 is 14.6 Å². The molecule has 0 aliphatic heterocycles. The molecule has 3 nitrogen and oxygen atoms in total. The number of hydrogen-bond acceptors (Lipinski definition) is 3. The van der Waals surface area contributed by atoms with Gasteiger partial charge in [-0.25, -0.2) is 0 Å². The Morgan fingerprint density at radius 2 is 1.89 bits per heavy atom. The molecule has 0 aliphatic carbocycles. The third-order valence-electron chi connectivity index (χ3n) is 3.31. The van der Waals surface area contributed by atoms with E-state index in [2.05, 4.69) is 6.92 Å². The van der Waals surface area contributed by atoms with Gasteiger partial charge in [0.2, 0.25) is 0 Å². The standard InChI is InChI=1S/C16H24O3/c1-4-5-6-7-8-9-13-10-14(19-3)11-15(18)16(13)12(2)17/h10-11,18H,4-9H2,1-3H3. The van der Waals surface area contributed by atoms with Crippen molar-refractivity contribution in [3.8, 4) is 11.5 Å². The number of rotatable bonds is 8. The molecule has 0 atom stereocenters. The fourth-order valence-corrected chi connectivity index (χ4v) is 2.30. The van der Waals surface area contributed by atoms with Gasteiger partial charge in [-0.1, -0.05) is 32.6 Å².